The second-order valence-electron chi connectivity index (χ2n) is 5.76. The van der Waals surface area contributed by atoms with Crippen molar-refractivity contribution in [3.63, 3.8) is 0 Å². The molecular formula is C19H16N2O3. The first-order valence-corrected chi connectivity index (χ1v) is 7.73. The van der Waals surface area contributed by atoms with E-state index in [1.165, 1.54) is 6.26 Å². The summed E-state index contributed by atoms with van der Waals surface area (Å²) in [4.78, 5) is 17.0. The second-order valence-corrected chi connectivity index (χ2v) is 5.76. The van der Waals surface area contributed by atoms with Crippen LogP contribution in [0.3, 0.4) is 0 Å². The summed E-state index contributed by atoms with van der Waals surface area (Å²) < 4.78 is 12.7. The lowest BCUT2D eigenvalue weighted by atomic mass is 10.2. The highest BCUT2D eigenvalue weighted by molar-refractivity contribution is 5.81. The van der Waals surface area contributed by atoms with Gasteiger partial charge in [-0.1, -0.05) is 30.3 Å². The molecular weight excluding hydrogens is 304 g/mol. The van der Waals surface area contributed by atoms with Gasteiger partial charge in [0, 0.05) is 12.2 Å². The molecule has 5 heteroatoms. The van der Waals surface area contributed by atoms with E-state index in [0.29, 0.717) is 23.3 Å². The minimum absolute atomic E-state index is 0.198. The van der Waals surface area contributed by atoms with Gasteiger partial charge in [-0.05, 0) is 37.1 Å². The highest BCUT2D eigenvalue weighted by Crippen LogP contribution is 2.25. The van der Waals surface area contributed by atoms with Crippen LogP contribution in [0, 0.1) is 13.8 Å². The first-order valence-electron chi connectivity index (χ1n) is 7.73. The first kappa shape index (κ1) is 14.5. The summed E-state index contributed by atoms with van der Waals surface area (Å²) in [5.74, 6) is 0.640. The van der Waals surface area contributed by atoms with Crippen molar-refractivity contribution in [1.29, 1.82) is 0 Å². The van der Waals surface area contributed by atoms with E-state index in [1.807, 2.05) is 36.6 Å². The minimum atomic E-state index is -0.390. The van der Waals surface area contributed by atoms with Crippen molar-refractivity contribution < 1.29 is 8.83 Å². The van der Waals surface area contributed by atoms with E-state index in [2.05, 4.69) is 17.1 Å². The van der Waals surface area contributed by atoms with Crippen molar-refractivity contribution in [2.75, 3.05) is 0 Å². The normalized spacial score (nSPS) is 11.2. The molecule has 24 heavy (non-hydrogen) atoms. The standard InChI is InChI=1S/C19H16N2O3/c1-12-13(2)21(11-14-7-4-3-5-8-14)17-16(12)19(22)24-18(20-17)15-9-6-10-23-15/h3-10H,11H2,1-2H3. The van der Waals surface area contributed by atoms with Crippen LogP contribution in [0.15, 0.2) is 62.4 Å². The number of rotatable bonds is 3. The monoisotopic (exact) mass is 320 g/mol. The van der Waals surface area contributed by atoms with Crippen molar-refractivity contribution in [1.82, 2.24) is 9.55 Å². The maximum Gasteiger partial charge on any atom is 0.349 e. The lowest BCUT2D eigenvalue weighted by Crippen LogP contribution is -2.06. The second kappa shape index (κ2) is 5.53. The van der Waals surface area contributed by atoms with Gasteiger partial charge in [-0.2, -0.15) is 4.98 Å². The van der Waals surface area contributed by atoms with Gasteiger partial charge in [0.25, 0.3) is 5.89 Å². The molecule has 0 radical (unpaired) electrons. The SMILES string of the molecule is Cc1c(C)n(Cc2ccccc2)c2nc(-c3ccco3)oc(=O)c12. The van der Waals surface area contributed by atoms with Crippen molar-refractivity contribution in [2.45, 2.75) is 20.4 Å². The largest absolute Gasteiger partial charge is 0.459 e. The molecule has 0 aliphatic rings. The number of nitrogens with zero attached hydrogens (tertiary/aromatic N) is 2. The van der Waals surface area contributed by atoms with E-state index >= 15 is 0 Å². The van der Waals surface area contributed by atoms with Gasteiger partial charge in [-0.25, -0.2) is 4.79 Å². The summed E-state index contributed by atoms with van der Waals surface area (Å²) >= 11 is 0. The van der Waals surface area contributed by atoms with Crippen LogP contribution in [0.2, 0.25) is 0 Å². The summed E-state index contributed by atoms with van der Waals surface area (Å²) in [5.41, 5.74) is 3.28. The highest BCUT2D eigenvalue weighted by Gasteiger charge is 2.19. The zero-order chi connectivity index (χ0) is 16.7. The van der Waals surface area contributed by atoms with E-state index in [-0.39, 0.29) is 11.5 Å². The lowest BCUT2D eigenvalue weighted by Gasteiger charge is -2.08. The van der Waals surface area contributed by atoms with E-state index < -0.39 is 0 Å². The first-order chi connectivity index (χ1) is 11.6. The topological polar surface area (TPSA) is 61.2 Å². The van der Waals surface area contributed by atoms with Crippen LogP contribution >= 0.6 is 0 Å². The number of hydrogen-bond donors (Lipinski definition) is 0. The maximum absolute atomic E-state index is 12.5. The molecule has 0 unspecified atom stereocenters. The van der Waals surface area contributed by atoms with Crippen molar-refractivity contribution in [3.8, 4) is 11.7 Å². The fraction of sp³-hybridized carbons (Fsp3) is 0.158. The third-order valence-electron chi connectivity index (χ3n) is 4.32. The van der Waals surface area contributed by atoms with Crippen LogP contribution in [-0.4, -0.2) is 9.55 Å². The van der Waals surface area contributed by atoms with Crippen molar-refractivity contribution in [2.24, 2.45) is 0 Å². The van der Waals surface area contributed by atoms with Crippen molar-refractivity contribution >= 4 is 11.0 Å². The minimum Gasteiger partial charge on any atom is -0.459 e. The highest BCUT2D eigenvalue weighted by atomic mass is 16.4. The molecule has 4 aromatic rings. The van der Waals surface area contributed by atoms with Gasteiger partial charge in [-0.3, -0.25) is 0 Å². The van der Waals surface area contributed by atoms with Gasteiger partial charge in [0.2, 0.25) is 0 Å². The van der Waals surface area contributed by atoms with Crippen LogP contribution in [0.5, 0.6) is 0 Å². The predicted molar refractivity (Wildman–Crippen MR) is 91.0 cm³/mol. The smallest absolute Gasteiger partial charge is 0.349 e. The average molecular weight is 320 g/mol. The average Bonchev–Trinajstić information content (AvgIpc) is 3.20. The van der Waals surface area contributed by atoms with E-state index in [0.717, 1.165) is 16.8 Å². The van der Waals surface area contributed by atoms with Gasteiger partial charge in [0.05, 0.1) is 6.26 Å². The third kappa shape index (κ3) is 2.25. The Kier molecular flexibility index (Phi) is 3.34. The summed E-state index contributed by atoms with van der Waals surface area (Å²) in [6.45, 7) is 4.56. The Balaban J connectivity index is 1.95. The molecule has 0 saturated heterocycles. The molecule has 3 aromatic heterocycles. The summed E-state index contributed by atoms with van der Waals surface area (Å²) in [6.07, 6.45) is 1.53. The quantitative estimate of drug-likeness (QED) is 0.574. The Morgan fingerprint density at radius 3 is 2.58 bits per heavy atom. The van der Waals surface area contributed by atoms with Crippen LogP contribution in [0.4, 0.5) is 0 Å². The fourth-order valence-corrected chi connectivity index (χ4v) is 2.93. The number of aromatic nitrogens is 2. The molecule has 120 valence electrons. The van der Waals surface area contributed by atoms with Crippen LogP contribution in [0.25, 0.3) is 22.7 Å². The molecule has 0 bridgehead atoms. The zero-order valence-electron chi connectivity index (χ0n) is 13.4. The zero-order valence-corrected chi connectivity index (χ0v) is 13.4. The Bertz CT molecular complexity index is 1060. The van der Waals surface area contributed by atoms with Crippen molar-refractivity contribution in [3.05, 3.63) is 76.0 Å². The molecule has 0 atom stereocenters. The number of aryl methyl sites for hydroxylation is 1. The van der Waals surface area contributed by atoms with Gasteiger partial charge in [0.15, 0.2) is 11.4 Å². The number of benzene rings is 1. The maximum atomic E-state index is 12.5. The van der Waals surface area contributed by atoms with Crippen LogP contribution in [-0.2, 0) is 6.54 Å². The Morgan fingerprint density at radius 1 is 1.08 bits per heavy atom. The lowest BCUT2D eigenvalue weighted by molar-refractivity contribution is 0.481. The summed E-state index contributed by atoms with van der Waals surface area (Å²) in [6, 6.07) is 13.6. The molecule has 0 amide bonds. The molecule has 0 N–H and O–H groups in total. The van der Waals surface area contributed by atoms with Crippen LogP contribution < -0.4 is 5.63 Å². The van der Waals surface area contributed by atoms with Gasteiger partial charge in [0.1, 0.15) is 5.39 Å². The number of furan rings is 1. The van der Waals surface area contributed by atoms with Gasteiger partial charge < -0.3 is 13.4 Å². The predicted octanol–water partition coefficient (Wildman–Crippen LogP) is 3.91. The molecule has 1 aromatic carbocycles. The van der Waals surface area contributed by atoms with Gasteiger partial charge in [-0.15, -0.1) is 0 Å². The molecule has 3 heterocycles. The molecule has 0 aliphatic carbocycles. The fourth-order valence-electron chi connectivity index (χ4n) is 2.93. The van der Waals surface area contributed by atoms with E-state index in [1.54, 1.807) is 12.1 Å². The summed E-state index contributed by atoms with van der Waals surface area (Å²) in [7, 11) is 0. The molecule has 5 nitrogen and oxygen atoms in total. The molecule has 0 aliphatic heterocycles. The van der Waals surface area contributed by atoms with Gasteiger partial charge >= 0.3 is 5.63 Å². The molecule has 4 rings (SSSR count). The Morgan fingerprint density at radius 2 is 1.88 bits per heavy atom. The van der Waals surface area contributed by atoms with E-state index in [4.69, 9.17) is 8.83 Å². The number of fused-ring (bicyclic) bond motifs is 1. The Labute approximate surface area is 138 Å². The van der Waals surface area contributed by atoms with E-state index in [9.17, 15) is 4.79 Å². The summed E-state index contributed by atoms with van der Waals surface area (Å²) in [5, 5.41) is 0.527. The van der Waals surface area contributed by atoms with Crippen LogP contribution in [0.1, 0.15) is 16.8 Å². The number of hydrogen-bond acceptors (Lipinski definition) is 4. The Hall–Kier alpha value is -3.08. The molecule has 0 spiro atoms. The third-order valence-corrected chi connectivity index (χ3v) is 4.32. The molecule has 0 fully saturated rings. The molecule has 0 saturated carbocycles.